The largest absolute Gasteiger partial charge is 0.418 e. The molecule has 1 amide bonds. The Kier molecular flexibility index (Phi) is 4.23. The van der Waals surface area contributed by atoms with Gasteiger partial charge in [0.2, 0.25) is 0 Å². The lowest BCUT2D eigenvalue weighted by Gasteiger charge is -2.15. The first kappa shape index (κ1) is 16.0. The fourth-order valence-corrected chi connectivity index (χ4v) is 1.98. The van der Waals surface area contributed by atoms with E-state index in [1.54, 1.807) is 0 Å². The summed E-state index contributed by atoms with van der Waals surface area (Å²) in [5.41, 5.74) is 2.80. The normalized spacial score (nSPS) is 11.3. The Morgan fingerprint density at radius 1 is 1.32 bits per heavy atom. The summed E-state index contributed by atoms with van der Waals surface area (Å²) in [6.07, 6.45) is -3.71. The predicted octanol–water partition coefficient (Wildman–Crippen LogP) is 3.74. The van der Waals surface area contributed by atoms with E-state index in [1.807, 2.05) is 0 Å². The molecule has 22 heavy (non-hydrogen) atoms. The third kappa shape index (κ3) is 3.28. The smallest absolute Gasteiger partial charge is 0.364 e. The number of pyridine rings is 1. The van der Waals surface area contributed by atoms with Crippen LogP contribution >= 0.6 is 11.6 Å². The molecule has 0 radical (unpaired) electrons. The molecule has 0 fully saturated rings. The lowest BCUT2D eigenvalue weighted by molar-refractivity contribution is -0.137. The third-order valence-corrected chi connectivity index (χ3v) is 2.95. The van der Waals surface area contributed by atoms with Crippen LogP contribution in [0.3, 0.4) is 0 Å². The van der Waals surface area contributed by atoms with Gasteiger partial charge in [-0.15, -0.1) is 0 Å². The molecule has 0 saturated carbocycles. The Morgan fingerprint density at radius 2 is 2.00 bits per heavy atom. The number of para-hydroxylation sites is 1. The Hall–Kier alpha value is -2.35. The number of halogens is 5. The van der Waals surface area contributed by atoms with Gasteiger partial charge in [0.25, 0.3) is 5.91 Å². The summed E-state index contributed by atoms with van der Waals surface area (Å²) in [4.78, 5) is 14.6. The highest BCUT2D eigenvalue weighted by Gasteiger charge is 2.34. The maximum Gasteiger partial charge on any atom is 0.418 e. The SMILES string of the molecule is NC(=O)c1ncc(Nc2c(F)cccc2C(F)(F)F)cc1Cl. The van der Waals surface area contributed by atoms with E-state index in [2.05, 4.69) is 10.3 Å². The van der Waals surface area contributed by atoms with E-state index in [0.29, 0.717) is 0 Å². The number of amides is 1. The number of carbonyl (C=O) groups is 1. The molecular formula is C13H8ClF4N3O. The number of hydrogen-bond acceptors (Lipinski definition) is 3. The van der Waals surface area contributed by atoms with Crippen LogP contribution < -0.4 is 11.1 Å². The summed E-state index contributed by atoms with van der Waals surface area (Å²) >= 11 is 5.74. The van der Waals surface area contributed by atoms with Gasteiger partial charge in [-0.25, -0.2) is 9.37 Å². The number of benzene rings is 1. The third-order valence-electron chi connectivity index (χ3n) is 2.66. The maximum absolute atomic E-state index is 13.7. The van der Waals surface area contributed by atoms with Crippen molar-refractivity contribution in [1.29, 1.82) is 0 Å². The van der Waals surface area contributed by atoms with Crippen molar-refractivity contribution in [2.45, 2.75) is 6.18 Å². The van der Waals surface area contributed by atoms with Crippen molar-refractivity contribution in [3.05, 3.63) is 52.6 Å². The zero-order valence-electron chi connectivity index (χ0n) is 10.7. The summed E-state index contributed by atoms with van der Waals surface area (Å²) in [6.45, 7) is 0. The number of nitrogens with one attached hydrogen (secondary N) is 1. The van der Waals surface area contributed by atoms with Crippen molar-refractivity contribution in [2.24, 2.45) is 5.73 Å². The number of nitrogens with two attached hydrogens (primary N) is 1. The van der Waals surface area contributed by atoms with Gasteiger partial charge in [-0.3, -0.25) is 4.79 Å². The van der Waals surface area contributed by atoms with Crippen LogP contribution in [0.2, 0.25) is 5.02 Å². The van der Waals surface area contributed by atoms with Crippen molar-refractivity contribution in [3.8, 4) is 0 Å². The predicted molar refractivity (Wildman–Crippen MR) is 72.4 cm³/mol. The molecule has 116 valence electrons. The number of primary amides is 1. The number of carbonyl (C=O) groups excluding carboxylic acids is 1. The van der Waals surface area contributed by atoms with Gasteiger partial charge in [-0.05, 0) is 18.2 Å². The van der Waals surface area contributed by atoms with Gasteiger partial charge in [-0.1, -0.05) is 17.7 Å². The summed E-state index contributed by atoms with van der Waals surface area (Å²) < 4.78 is 52.3. The van der Waals surface area contributed by atoms with Crippen LogP contribution in [0.5, 0.6) is 0 Å². The molecule has 3 N–H and O–H groups in total. The summed E-state index contributed by atoms with van der Waals surface area (Å²) in [7, 11) is 0. The molecule has 0 saturated heterocycles. The van der Waals surface area contributed by atoms with Crippen molar-refractivity contribution >= 4 is 28.9 Å². The number of rotatable bonds is 3. The van der Waals surface area contributed by atoms with Crippen molar-refractivity contribution in [3.63, 3.8) is 0 Å². The average Bonchev–Trinajstić information content (AvgIpc) is 2.39. The summed E-state index contributed by atoms with van der Waals surface area (Å²) in [6, 6.07) is 3.69. The molecular weight excluding hydrogens is 326 g/mol. The fraction of sp³-hybridized carbons (Fsp3) is 0.0769. The van der Waals surface area contributed by atoms with E-state index < -0.39 is 29.2 Å². The van der Waals surface area contributed by atoms with E-state index in [0.717, 1.165) is 30.5 Å². The number of nitrogens with zero attached hydrogens (tertiary/aromatic N) is 1. The molecule has 2 rings (SSSR count). The lowest BCUT2D eigenvalue weighted by Crippen LogP contribution is -2.14. The van der Waals surface area contributed by atoms with Crippen LogP contribution in [0.4, 0.5) is 28.9 Å². The second kappa shape index (κ2) is 5.80. The Labute approximate surface area is 126 Å². The molecule has 0 unspecified atom stereocenters. The number of hydrogen-bond donors (Lipinski definition) is 2. The first-order valence-electron chi connectivity index (χ1n) is 5.78. The van der Waals surface area contributed by atoms with Gasteiger partial charge in [0.1, 0.15) is 11.5 Å². The van der Waals surface area contributed by atoms with Crippen LogP contribution in [0.1, 0.15) is 16.1 Å². The molecule has 0 atom stereocenters. The van der Waals surface area contributed by atoms with E-state index in [4.69, 9.17) is 17.3 Å². The Morgan fingerprint density at radius 3 is 2.55 bits per heavy atom. The Balaban J connectivity index is 2.44. The van der Waals surface area contributed by atoms with Gasteiger partial charge in [0.05, 0.1) is 28.2 Å². The van der Waals surface area contributed by atoms with Crippen LogP contribution in [-0.2, 0) is 6.18 Å². The second-order valence-electron chi connectivity index (χ2n) is 4.20. The molecule has 9 heteroatoms. The number of aromatic nitrogens is 1. The van der Waals surface area contributed by atoms with Crippen LogP contribution in [0.15, 0.2) is 30.5 Å². The van der Waals surface area contributed by atoms with Gasteiger partial charge in [0, 0.05) is 0 Å². The fourth-order valence-electron chi connectivity index (χ4n) is 1.72. The van der Waals surface area contributed by atoms with Gasteiger partial charge >= 0.3 is 6.18 Å². The summed E-state index contributed by atoms with van der Waals surface area (Å²) in [5.74, 6) is -1.98. The quantitative estimate of drug-likeness (QED) is 0.841. The minimum atomic E-state index is -4.74. The first-order chi connectivity index (χ1) is 10.2. The highest BCUT2D eigenvalue weighted by atomic mass is 35.5. The van der Waals surface area contributed by atoms with Crippen molar-refractivity contribution in [2.75, 3.05) is 5.32 Å². The molecule has 1 aromatic heterocycles. The van der Waals surface area contributed by atoms with E-state index in [-0.39, 0.29) is 16.4 Å². The van der Waals surface area contributed by atoms with E-state index in [1.165, 1.54) is 0 Å². The molecule has 1 aromatic carbocycles. The average molecular weight is 334 g/mol. The second-order valence-corrected chi connectivity index (χ2v) is 4.61. The van der Waals surface area contributed by atoms with Gasteiger partial charge in [-0.2, -0.15) is 13.2 Å². The van der Waals surface area contributed by atoms with Crippen LogP contribution in [0, 0.1) is 5.82 Å². The molecule has 0 aliphatic carbocycles. The molecule has 1 heterocycles. The van der Waals surface area contributed by atoms with Crippen molar-refractivity contribution < 1.29 is 22.4 Å². The number of anilines is 2. The lowest BCUT2D eigenvalue weighted by atomic mass is 10.1. The number of alkyl halides is 3. The first-order valence-corrected chi connectivity index (χ1v) is 6.16. The monoisotopic (exact) mass is 333 g/mol. The standard InChI is InChI=1S/C13H8ClF4N3O/c14-8-4-6(5-20-11(8)12(19)22)21-10-7(13(16,17)18)2-1-3-9(10)15/h1-5,21H,(H2,19,22). The molecule has 0 bridgehead atoms. The highest BCUT2D eigenvalue weighted by Crippen LogP contribution is 2.37. The zero-order valence-corrected chi connectivity index (χ0v) is 11.5. The minimum Gasteiger partial charge on any atom is -0.364 e. The van der Waals surface area contributed by atoms with Gasteiger partial charge < -0.3 is 11.1 Å². The molecule has 2 aromatic rings. The Bertz CT molecular complexity index is 734. The molecule has 0 spiro atoms. The molecule has 4 nitrogen and oxygen atoms in total. The van der Waals surface area contributed by atoms with Gasteiger partial charge in [0.15, 0.2) is 0 Å². The topological polar surface area (TPSA) is 68.0 Å². The summed E-state index contributed by atoms with van der Waals surface area (Å²) in [5, 5.41) is 2.10. The maximum atomic E-state index is 13.7. The van der Waals surface area contributed by atoms with Crippen molar-refractivity contribution in [1.82, 2.24) is 4.98 Å². The van der Waals surface area contributed by atoms with Crippen LogP contribution in [0.25, 0.3) is 0 Å². The molecule has 0 aliphatic rings. The van der Waals surface area contributed by atoms with Crippen LogP contribution in [-0.4, -0.2) is 10.9 Å². The molecule has 0 aliphatic heterocycles. The van der Waals surface area contributed by atoms with E-state index >= 15 is 0 Å². The zero-order chi connectivity index (χ0) is 16.5. The highest BCUT2D eigenvalue weighted by molar-refractivity contribution is 6.33. The minimum absolute atomic E-state index is 0.0226. The van der Waals surface area contributed by atoms with E-state index in [9.17, 15) is 22.4 Å².